The van der Waals surface area contributed by atoms with E-state index in [1.54, 1.807) is 0 Å². The molecular weight excluding hydrogens is 580 g/mol. The van der Waals surface area contributed by atoms with Crippen molar-refractivity contribution >= 4 is 67.9 Å². The molecular formula is C17H46Br4N4. The molecule has 0 saturated heterocycles. The summed E-state index contributed by atoms with van der Waals surface area (Å²) in [7, 11) is 0. The predicted molar refractivity (Wildman–Crippen MR) is 139 cm³/mol. The van der Waals surface area contributed by atoms with Gasteiger partial charge in [0.25, 0.3) is 0 Å². The van der Waals surface area contributed by atoms with Gasteiger partial charge in [0, 0.05) is 12.1 Å². The van der Waals surface area contributed by atoms with Gasteiger partial charge in [0.15, 0.2) is 0 Å². The van der Waals surface area contributed by atoms with Crippen LogP contribution in [0.3, 0.4) is 0 Å². The van der Waals surface area contributed by atoms with Crippen molar-refractivity contribution in [2.75, 3.05) is 39.3 Å². The molecule has 0 aromatic carbocycles. The maximum absolute atomic E-state index is 3.52. The summed E-state index contributed by atoms with van der Waals surface area (Å²) >= 11 is 0. The Bertz CT molecular complexity index is 203. The summed E-state index contributed by atoms with van der Waals surface area (Å²) in [6, 6.07) is 1.26. The first-order valence-electron chi connectivity index (χ1n) is 8.58. The zero-order chi connectivity index (χ0) is 15.1. The van der Waals surface area contributed by atoms with Crippen LogP contribution in [0.15, 0.2) is 0 Å². The minimum absolute atomic E-state index is 0. The molecule has 0 rings (SSSR count). The van der Waals surface area contributed by atoms with Crippen LogP contribution in [0.5, 0.6) is 0 Å². The molecule has 8 heteroatoms. The van der Waals surface area contributed by atoms with E-state index in [-0.39, 0.29) is 75.4 Å². The highest BCUT2D eigenvalue weighted by Crippen LogP contribution is 1.90. The van der Waals surface area contributed by atoms with Crippen molar-refractivity contribution in [2.24, 2.45) is 0 Å². The van der Waals surface area contributed by atoms with Gasteiger partial charge in [-0.1, -0.05) is 21.3 Å². The Morgan fingerprint density at radius 3 is 1.48 bits per heavy atom. The van der Waals surface area contributed by atoms with Crippen LogP contribution in [-0.4, -0.2) is 51.4 Å². The lowest BCUT2D eigenvalue weighted by molar-refractivity contribution is 0.480. The van der Waals surface area contributed by atoms with Crippen molar-refractivity contribution in [1.29, 1.82) is 0 Å². The van der Waals surface area contributed by atoms with E-state index in [1.165, 1.54) is 25.7 Å². The lowest BCUT2D eigenvalue weighted by Crippen LogP contribution is -2.32. The van der Waals surface area contributed by atoms with Gasteiger partial charge in [0.05, 0.1) is 0 Å². The van der Waals surface area contributed by atoms with Gasteiger partial charge in [-0.25, -0.2) is 0 Å². The van der Waals surface area contributed by atoms with Crippen molar-refractivity contribution in [2.45, 2.75) is 72.9 Å². The average molecular weight is 626 g/mol. The Morgan fingerprint density at radius 1 is 0.640 bits per heavy atom. The minimum atomic E-state index is 0. The molecule has 25 heavy (non-hydrogen) atoms. The Labute approximate surface area is 200 Å². The second-order valence-electron chi connectivity index (χ2n) is 5.74. The molecule has 2 atom stereocenters. The summed E-state index contributed by atoms with van der Waals surface area (Å²) in [5.74, 6) is 0. The van der Waals surface area contributed by atoms with Crippen LogP contribution in [0.2, 0.25) is 0 Å². The SMILES string of the molecule is Br.Br.Br.Br.C.CCCNC(C)CCNCCCNCCC(C)NCC. The van der Waals surface area contributed by atoms with Gasteiger partial charge >= 0.3 is 0 Å². The molecule has 0 aliphatic carbocycles. The summed E-state index contributed by atoms with van der Waals surface area (Å²) in [5.41, 5.74) is 0. The van der Waals surface area contributed by atoms with Crippen molar-refractivity contribution in [3.8, 4) is 0 Å². The third-order valence-corrected chi connectivity index (χ3v) is 3.51. The van der Waals surface area contributed by atoms with Gasteiger partial charge < -0.3 is 21.3 Å². The average Bonchev–Trinajstić information content (AvgIpc) is 2.43. The highest BCUT2D eigenvalue weighted by atomic mass is 79.9. The third kappa shape index (κ3) is 33.7. The van der Waals surface area contributed by atoms with E-state index in [9.17, 15) is 0 Å². The second kappa shape index (κ2) is 33.4. The number of hydrogen-bond donors (Lipinski definition) is 4. The Balaban J connectivity index is -0.000000180. The van der Waals surface area contributed by atoms with Crippen molar-refractivity contribution in [3.05, 3.63) is 0 Å². The molecule has 0 aliphatic rings. The molecule has 0 amide bonds. The maximum atomic E-state index is 3.52. The summed E-state index contributed by atoms with van der Waals surface area (Å²) < 4.78 is 0. The van der Waals surface area contributed by atoms with E-state index >= 15 is 0 Å². The van der Waals surface area contributed by atoms with E-state index in [0.717, 1.165) is 39.3 Å². The standard InChI is InChI=1S/C16H38N4.CH4.4BrH/c1-5-10-20-16(4)9-14-18-12-7-11-17-13-8-15(3)19-6-2;;;;;/h15-20H,5-14H2,1-4H3;1H4;4*1H. The molecule has 4 nitrogen and oxygen atoms in total. The Morgan fingerprint density at radius 2 is 1.08 bits per heavy atom. The lowest BCUT2D eigenvalue weighted by Gasteiger charge is -2.14. The third-order valence-electron chi connectivity index (χ3n) is 3.51. The fourth-order valence-electron chi connectivity index (χ4n) is 2.17. The van der Waals surface area contributed by atoms with Gasteiger partial charge in [0.1, 0.15) is 0 Å². The molecule has 0 heterocycles. The molecule has 0 fully saturated rings. The lowest BCUT2D eigenvalue weighted by atomic mass is 10.2. The highest BCUT2D eigenvalue weighted by Gasteiger charge is 2.00. The molecule has 0 saturated carbocycles. The predicted octanol–water partition coefficient (Wildman–Crippen LogP) is 4.67. The first-order chi connectivity index (χ1) is 9.70. The van der Waals surface area contributed by atoms with Crippen LogP contribution >= 0.6 is 67.9 Å². The summed E-state index contributed by atoms with van der Waals surface area (Å²) in [6.07, 6.45) is 4.86. The zero-order valence-electron chi connectivity index (χ0n) is 15.9. The largest absolute Gasteiger partial charge is 0.317 e. The number of hydrogen-bond acceptors (Lipinski definition) is 4. The Hall–Kier alpha value is 1.76. The molecule has 0 aromatic rings. The van der Waals surface area contributed by atoms with Crippen LogP contribution in [0.1, 0.15) is 60.8 Å². The smallest absolute Gasteiger partial charge is 0.00508 e. The fraction of sp³-hybridized carbons (Fsp3) is 1.00. The molecule has 2 unspecified atom stereocenters. The van der Waals surface area contributed by atoms with Gasteiger partial charge in [-0.05, 0) is 78.8 Å². The number of rotatable bonds is 15. The molecule has 0 spiro atoms. The summed E-state index contributed by atoms with van der Waals surface area (Å²) in [4.78, 5) is 0. The van der Waals surface area contributed by atoms with Crippen LogP contribution < -0.4 is 21.3 Å². The first kappa shape index (κ1) is 41.2. The van der Waals surface area contributed by atoms with Crippen molar-refractivity contribution in [3.63, 3.8) is 0 Å². The second-order valence-corrected chi connectivity index (χ2v) is 5.74. The van der Waals surface area contributed by atoms with Crippen molar-refractivity contribution in [1.82, 2.24) is 21.3 Å². The van der Waals surface area contributed by atoms with Gasteiger partial charge in [0.2, 0.25) is 0 Å². The maximum Gasteiger partial charge on any atom is 0.00508 e. The molecule has 162 valence electrons. The molecule has 0 radical (unpaired) electrons. The van der Waals surface area contributed by atoms with E-state index in [0.29, 0.717) is 12.1 Å². The van der Waals surface area contributed by atoms with Gasteiger partial charge in [-0.15, -0.1) is 67.9 Å². The number of nitrogens with one attached hydrogen (secondary N) is 4. The molecule has 4 N–H and O–H groups in total. The minimum Gasteiger partial charge on any atom is -0.317 e. The summed E-state index contributed by atoms with van der Waals surface area (Å²) in [5, 5.41) is 14.0. The van der Waals surface area contributed by atoms with Crippen molar-refractivity contribution < 1.29 is 0 Å². The quantitative estimate of drug-likeness (QED) is 0.200. The fourth-order valence-corrected chi connectivity index (χ4v) is 2.17. The number of halogens is 4. The van der Waals surface area contributed by atoms with E-state index < -0.39 is 0 Å². The van der Waals surface area contributed by atoms with E-state index in [4.69, 9.17) is 0 Å². The molecule has 0 bridgehead atoms. The molecule has 0 aliphatic heterocycles. The van der Waals surface area contributed by atoms with E-state index in [2.05, 4.69) is 49.0 Å². The van der Waals surface area contributed by atoms with E-state index in [1.807, 2.05) is 0 Å². The summed E-state index contributed by atoms with van der Waals surface area (Å²) in [6.45, 7) is 15.6. The van der Waals surface area contributed by atoms with Crippen LogP contribution in [0, 0.1) is 0 Å². The van der Waals surface area contributed by atoms with Gasteiger partial charge in [-0.3, -0.25) is 0 Å². The zero-order valence-corrected chi connectivity index (χ0v) is 22.7. The van der Waals surface area contributed by atoms with Crippen LogP contribution in [0.25, 0.3) is 0 Å². The van der Waals surface area contributed by atoms with Crippen LogP contribution in [-0.2, 0) is 0 Å². The highest BCUT2D eigenvalue weighted by molar-refractivity contribution is 8.93. The first-order valence-corrected chi connectivity index (χ1v) is 8.58. The Kier molecular flexibility index (Phi) is 55.0. The van der Waals surface area contributed by atoms with Gasteiger partial charge in [-0.2, -0.15) is 0 Å². The molecule has 0 aromatic heterocycles. The topological polar surface area (TPSA) is 48.1 Å². The van der Waals surface area contributed by atoms with Crippen LogP contribution in [0.4, 0.5) is 0 Å². The monoisotopic (exact) mass is 622 g/mol. The normalized spacial score (nSPS) is 11.5.